The third kappa shape index (κ3) is 7.58. The van der Waals surface area contributed by atoms with Crippen molar-refractivity contribution in [2.75, 3.05) is 0 Å². The van der Waals surface area contributed by atoms with Crippen molar-refractivity contribution < 1.29 is 5.11 Å². The molecule has 33 heavy (non-hydrogen) atoms. The van der Waals surface area contributed by atoms with Gasteiger partial charge in [0.25, 0.3) is 0 Å². The maximum absolute atomic E-state index is 10.6. The Balaban J connectivity index is 1.76. The molecule has 1 unspecified atom stereocenters. The number of allylic oxidation sites excluding steroid dienone is 1. The van der Waals surface area contributed by atoms with Gasteiger partial charge in [0.05, 0.1) is 0 Å². The van der Waals surface area contributed by atoms with Crippen LogP contribution < -0.4 is 10.7 Å². The molecule has 0 saturated heterocycles. The van der Waals surface area contributed by atoms with Gasteiger partial charge in [0.1, 0.15) is 0 Å². The third-order valence-electron chi connectivity index (χ3n) is 6.69. The third-order valence-corrected chi connectivity index (χ3v) is 20.4. The van der Waals surface area contributed by atoms with Gasteiger partial charge < -0.3 is 0 Å². The maximum atomic E-state index is 10.6. The number of benzene rings is 3. The average Bonchev–Trinajstić information content (AvgIpc) is 2.88. The summed E-state index contributed by atoms with van der Waals surface area (Å²) in [5.41, 5.74) is 0. The summed E-state index contributed by atoms with van der Waals surface area (Å²) in [6, 6.07) is 33.3. The molecule has 0 aliphatic heterocycles. The topological polar surface area (TPSA) is 20.2 Å². The number of hydrogen-bond acceptors (Lipinski definition) is 1. The molecule has 1 N–H and O–H groups in total. The van der Waals surface area contributed by atoms with Crippen LogP contribution in [-0.2, 0) is 0 Å². The molecule has 0 saturated carbocycles. The molecule has 0 bridgehead atoms. The fourth-order valence-electron chi connectivity index (χ4n) is 4.83. The molecule has 0 spiro atoms. The molecule has 0 aliphatic carbocycles. The minimum atomic E-state index is -3.25. The SMILES string of the molecule is CCCCCCCCCC(O)/C=C/[CH2][Sn]([c]1ccccc1)([c]1ccccc1)[c]1ccccc1. The van der Waals surface area contributed by atoms with Crippen LogP contribution in [0.1, 0.15) is 58.3 Å². The molecule has 3 rings (SSSR count). The summed E-state index contributed by atoms with van der Waals surface area (Å²) in [5.74, 6) is 0. The summed E-state index contributed by atoms with van der Waals surface area (Å²) in [6.07, 6.45) is 13.9. The van der Waals surface area contributed by atoms with Crippen LogP contribution in [-0.4, -0.2) is 29.6 Å². The van der Waals surface area contributed by atoms with Gasteiger partial charge in [-0.2, -0.15) is 0 Å². The Kier molecular flexibility index (Phi) is 11.3. The Hall–Kier alpha value is -1.84. The molecule has 0 amide bonds. The first kappa shape index (κ1) is 25.8. The summed E-state index contributed by atoms with van der Waals surface area (Å²) < 4.78 is 5.46. The normalized spacial score (nSPS) is 12.8. The quantitative estimate of drug-likeness (QED) is 0.145. The van der Waals surface area contributed by atoms with E-state index in [0.717, 1.165) is 17.3 Å². The van der Waals surface area contributed by atoms with Crippen molar-refractivity contribution in [1.82, 2.24) is 0 Å². The van der Waals surface area contributed by atoms with Crippen molar-refractivity contribution in [1.29, 1.82) is 0 Å². The van der Waals surface area contributed by atoms with Gasteiger partial charge in [-0.15, -0.1) is 0 Å². The Morgan fingerprint density at radius 1 is 0.636 bits per heavy atom. The van der Waals surface area contributed by atoms with Gasteiger partial charge in [-0.25, -0.2) is 0 Å². The van der Waals surface area contributed by atoms with E-state index in [0.29, 0.717) is 0 Å². The van der Waals surface area contributed by atoms with Gasteiger partial charge in [-0.05, 0) is 0 Å². The van der Waals surface area contributed by atoms with E-state index in [9.17, 15) is 5.11 Å². The molecule has 0 aliphatic rings. The number of unbranched alkanes of at least 4 members (excludes halogenated alkanes) is 6. The van der Waals surface area contributed by atoms with E-state index in [-0.39, 0.29) is 6.10 Å². The number of aliphatic hydroxyl groups excluding tert-OH is 1. The van der Waals surface area contributed by atoms with Gasteiger partial charge >= 0.3 is 199 Å². The number of aliphatic hydroxyl groups is 1. The van der Waals surface area contributed by atoms with Crippen LogP contribution in [0, 0.1) is 0 Å². The van der Waals surface area contributed by atoms with Crippen LogP contribution in [0.3, 0.4) is 0 Å². The molecular formula is C31H40OSn. The Labute approximate surface area is 205 Å². The Bertz CT molecular complexity index is 824. The minimum absolute atomic E-state index is 0.341. The molecule has 0 aromatic heterocycles. The van der Waals surface area contributed by atoms with Gasteiger partial charge in [0.15, 0.2) is 0 Å². The van der Waals surface area contributed by atoms with E-state index >= 15 is 0 Å². The van der Waals surface area contributed by atoms with Crippen molar-refractivity contribution in [2.45, 2.75) is 68.8 Å². The summed E-state index contributed by atoms with van der Waals surface area (Å²) >= 11 is -3.25. The summed E-state index contributed by atoms with van der Waals surface area (Å²) in [5, 5.41) is 10.6. The zero-order chi connectivity index (χ0) is 23.2. The molecule has 3 aromatic carbocycles. The Morgan fingerprint density at radius 2 is 1.06 bits per heavy atom. The van der Waals surface area contributed by atoms with Crippen molar-refractivity contribution >= 4 is 29.1 Å². The average molecular weight is 547 g/mol. The molecule has 1 nitrogen and oxygen atoms in total. The molecule has 2 heteroatoms. The van der Waals surface area contributed by atoms with Gasteiger partial charge in [0, 0.05) is 0 Å². The fraction of sp³-hybridized carbons (Fsp3) is 0.355. The fourth-order valence-corrected chi connectivity index (χ4v) is 17.6. The summed E-state index contributed by atoms with van der Waals surface area (Å²) in [6.45, 7) is 2.26. The molecule has 0 radical (unpaired) electrons. The molecule has 174 valence electrons. The summed E-state index contributed by atoms with van der Waals surface area (Å²) in [4.78, 5) is 0. The van der Waals surface area contributed by atoms with E-state index in [1.54, 1.807) is 0 Å². The van der Waals surface area contributed by atoms with E-state index in [1.165, 1.54) is 49.3 Å². The second-order valence-electron chi connectivity index (χ2n) is 9.11. The second-order valence-corrected chi connectivity index (χ2v) is 20.4. The first-order valence-electron chi connectivity index (χ1n) is 12.8. The molecule has 0 fully saturated rings. The number of hydrogen-bond donors (Lipinski definition) is 1. The summed E-state index contributed by atoms with van der Waals surface area (Å²) in [7, 11) is 0. The van der Waals surface area contributed by atoms with Crippen molar-refractivity contribution in [3.8, 4) is 0 Å². The monoisotopic (exact) mass is 548 g/mol. The number of rotatable bonds is 14. The Morgan fingerprint density at radius 3 is 1.52 bits per heavy atom. The van der Waals surface area contributed by atoms with Crippen molar-refractivity contribution in [3.05, 3.63) is 103 Å². The predicted molar refractivity (Wildman–Crippen MR) is 147 cm³/mol. The van der Waals surface area contributed by atoms with Crippen molar-refractivity contribution in [3.63, 3.8) is 0 Å². The van der Waals surface area contributed by atoms with E-state index in [4.69, 9.17) is 0 Å². The van der Waals surface area contributed by atoms with Gasteiger partial charge in [-0.1, -0.05) is 6.92 Å². The first-order valence-corrected chi connectivity index (χ1v) is 19.1. The predicted octanol–water partition coefficient (Wildman–Crippen LogP) is 6.21. The van der Waals surface area contributed by atoms with Crippen LogP contribution >= 0.6 is 0 Å². The van der Waals surface area contributed by atoms with Crippen molar-refractivity contribution in [2.24, 2.45) is 0 Å². The van der Waals surface area contributed by atoms with Crippen LogP contribution in [0.2, 0.25) is 4.44 Å². The zero-order valence-corrected chi connectivity index (χ0v) is 23.1. The van der Waals surface area contributed by atoms with Gasteiger partial charge in [0.2, 0.25) is 0 Å². The zero-order valence-electron chi connectivity index (χ0n) is 20.2. The van der Waals surface area contributed by atoms with Crippen LogP contribution in [0.25, 0.3) is 0 Å². The van der Waals surface area contributed by atoms with Gasteiger partial charge in [-0.3, -0.25) is 0 Å². The van der Waals surface area contributed by atoms with Crippen LogP contribution in [0.5, 0.6) is 0 Å². The standard InChI is InChI=1S/C13H25O.3C6H5.Sn/c1-3-5-6-7-8-9-10-12-13(14)11-4-2;3*1-2-4-6-5-3-1;/h4,11,13-14H,2-3,5-10,12H2,1H3;3*1-5H;/b11-4+;;;;. The molecule has 1 atom stereocenters. The molecule has 3 aromatic rings. The van der Waals surface area contributed by atoms with E-state index in [1.807, 2.05) is 0 Å². The van der Waals surface area contributed by atoms with E-state index < -0.39 is 18.4 Å². The second kappa shape index (κ2) is 14.4. The molecule has 0 heterocycles. The van der Waals surface area contributed by atoms with Crippen LogP contribution in [0.4, 0.5) is 0 Å². The molecular weight excluding hydrogens is 507 g/mol. The van der Waals surface area contributed by atoms with Crippen LogP contribution in [0.15, 0.2) is 103 Å². The first-order chi connectivity index (χ1) is 16.3. The van der Waals surface area contributed by atoms with E-state index in [2.05, 4.69) is 110 Å².